The smallest absolute Gasteiger partial charge is 0.311 e. The molecule has 1 heterocycles. The zero-order valence-electron chi connectivity index (χ0n) is 21.4. The standard InChI is InChI=1S/C29H27N3O5S2/c1-3-37-25(33)17-22-18-38-29(31-22)32-28(35)26(19-7-5-4-6-8-19)39-24-15-11-21(12-16-24)30-27(34)20-9-13-23(36-2)14-10-20/h4-16,18,26H,3,17H2,1-2H3,(H,30,34)(H,31,32,35). The lowest BCUT2D eigenvalue weighted by atomic mass is 10.1. The van der Waals surface area contributed by atoms with Crippen LogP contribution in [0, 0.1) is 0 Å². The van der Waals surface area contributed by atoms with Crippen molar-refractivity contribution in [2.45, 2.75) is 23.5 Å². The molecule has 200 valence electrons. The molecule has 1 aromatic heterocycles. The first-order chi connectivity index (χ1) is 18.9. The normalized spacial score (nSPS) is 11.3. The molecule has 0 bridgehead atoms. The summed E-state index contributed by atoms with van der Waals surface area (Å²) in [6.45, 7) is 2.05. The molecule has 39 heavy (non-hydrogen) atoms. The van der Waals surface area contributed by atoms with E-state index in [-0.39, 0.29) is 24.2 Å². The van der Waals surface area contributed by atoms with Gasteiger partial charge in [-0.3, -0.25) is 14.4 Å². The maximum atomic E-state index is 13.3. The monoisotopic (exact) mass is 561 g/mol. The third kappa shape index (κ3) is 7.92. The van der Waals surface area contributed by atoms with Crippen LogP contribution in [-0.2, 0) is 20.7 Å². The van der Waals surface area contributed by atoms with Crippen molar-refractivity contribution in [3.63, 3.8) is 0 Å². The van der Waals surface area contributed by atoms with Crippen LogP contribution < -0.4 is 15.4 Å². The number of methoxy groups -OCH3 is 1. The summed E-state index contributed by atoms with van der Waals surface area (Å²) in [5.41, 5.74) is 2.53. The van der Waals surface area contributed by atoms with Crippen molar-refractivity contribution < 1.29 is 23.9 Å². The van der Waals surface area contributed by atoms with Crippen molar-refractivity contribution in [3.05, 3.63) is 101 Å². The number of carbonyl (C=O) groups is 3. The van der Waals surface area contributed by atoms with E-state index in [4.69, 9.17) is 9.47 Å². The quantitative estimate of drug-likeness (QED) is 0.171. The van der Waals surface area contributed by atoms with Crippen LogP contribution in [0.3, 0.4) is 0 Å². The molecule has 0 fully saturated rings. The number of carbonyl (C=O) groups excluding carboxylic acids is 3. The topological polar surface area (TPSA) is 107 Å². The Morgan fingerprint density at radius 1 is 0.949 bits per heavy atom. The van der Waals surface area contributed by atoms with Gasteiger partial charge in [0.15, 0.2) is 5.13 Å². The number of ether oxygens (including phenoxy) is 2. The van der Waals surface area contributed by atoms with Gasteiger partial charge in [0, 0.05) is 21.5 Å². The Bertz CT molecular complexity index is 1410. The van der Waals surface area contributed by atoms with E-state index in [2.05, 4.69) is 15.6 Å². The fraction of sp³-hybridized carbons (Fsp3) is 0.172. The van der Waals surface area contributed by atoms with E-state index >= 15 is 0 Å². The zero-order valence-corrected chi connectivity index (χ0v) is 23.0. The minimum Gasteiger partial charge on any atom is -0.497 e. The molecule has 0 spiro atoms. The number of esters is 1. The number of hydrogen-bond acceptors (Lipinski definition) is 8. The Kier molecular flexibility index (Phi) is 9.71. The third-order valence-corrected chi connectivity index (χ3v) is 7.54. The number of aromatic nitrogens is 1. The van der Waals surface area contributed by atoms with Gasteiger partial charge in [0.05, 0.1) is 25.8 Å². The van der Waals surface area contributed by atoms with Crippen molar-refractivity contribution in [2.75, 3.05) is 24.4 Å². The second kappa shape index (κ2) is 13.6. The molecule has 0 saturated carbocycles. The predicted octanol–water partition coefficient (Wildman–Crippen LogP) is 5.98. The third-order valence-electron chi connectivity index (χ3n) is 5.47. The number of nitrogens with one attached hydrogen (secondary N) is 2. The molecular weight excluding hydrogens is 534 g/mol. The second-order valence-electron chi connectivity index (χ2n) is 8.23. The summed E-state index contributed by atoms with van der Waals surface area (Å²) in [5.74, 6) is -0.149. The first-order valence-electron chi connectivity index (χ1n) is 12.1. The molecule has 3 aromatic carbocycles. The fourth-order valence-corrected chi connectivity index (χ4v) is 5.31. The molecule has 2 N–H and O–H groups in total. The number of amides is 2. The van der Waals surface area contributed by atoms with E-state index < -0.39 is 5.25 Å². The lowest BCUT2D eigenvalue weighted by molar-refractivity contribution is -0.142. The van der Waals surface area contributed by atoms with E-state index in [0.29, 0.717) is 34.4 Å². The molecule has 0 saturated heterocycles. The largest absolute Gasteiger partial charge is 0.497 e. The van der Waals surface area contributed by atoms with Crippen molar-refractivity contribution >= 4 is 51.7 Å². The number of thiazole rings is 1. The van der Waals surface area contributed by atoms with Crippen LogP contribution in [-0.4, -0.2) is 36.5 Å². The lowest BCUT2D eigenvalue weighted by Gasteiger charge is -2.16. The fourth-order valence-electron chi connectivity index (χ4n) is 3.58. The molecule has 0 aliphatic rings. The van der Waals surface area contributed by atoms with E-state index in [0.717, 1.165) is 10.5 Å². The Hall–Kier alpha value is -4.15. The minimum absolute atomic E-state index is 0.0540. The average Bonchev–Trinajstić information content (AvgIpc) is 3.39. The van der Waals surface area contributed by atoms with Crippen molar-refractivity contribution in [2.24, 2.45) is 0 Å². The van der Waals surface area contributed by atoms with Crippen LogP contribution in [0.15, 0.2) is 89.1 Å². The summed E-state index contributed by atoms with van der Waals surface area (Å²) in [6.07, 6.45) is 0.0540. The van der Waals surface area contributed by atoms with E-state index in [9.17, 15) is 14.4 Å². The molecule has 4 rings (SSSR count). The van der Waals surface area contributed by atoms with Gasteiger partial charge in [-0.25, -0.2) is 4.98 Å². The number of hydrogen-bond donors (Lipinski definition) is 2. The van der Waals surface area contributed by atoms with E-state index in [1.807, 2.05) is 42.5 Å². The molecular formula is C29H27N3O5S2. The maximum absolute atomic E-state index is 13.3. The van der Waals surface area contributed by atoms with Gasteiger partial charge in [-0.2, -0.15) is 0 Å². The lowest BCUT2D eigenvalue weighted by Crippen LogP contribution is -2.19. The highest BCUT2D eigenvalue weighted by Gasteiger charge is 2.23. The SMILES string of the molecule is CCOC(=O)Cc1csc(NC(=O)C(Sc2ccc(NC(=O)c3ccc(OC)cc3)cc2)c2ccccc2)n1. The number of thioether (sulfide) groups is 1. The highest BCUT2D eigenvalue weighted by Crippen LogP contribution is 2.37. The van der Waals surface area contributed by atoms with Gasteiger partial charge in [-0.05, 0) is 61.0 Å². The van der Waals surface area contributed by atoms with Gasteiger partial charge >= 0.3 is 5.97 Å². The molecule has 0 radical (unpaired) electrons. The highest BCUT2D eigenvalue weighted by molar-refractivity contribution is 8.00. The second-order valence-corrected chi connectivity index (χ2v) is 10.3. The predicted molar refractivity (Wildman–Crippen MR) is 154 cm³/mol. The molecule has 1 atom stereocenters. The molecule has 2 amide bonds. The average molecular weight is 562 g/mol. The molecule has 10 heteroatoms. The van der Waals surface area contributed by atoms with Crippen molar-refractivity contribution in [1.82, 2.24) is 4.98 Å². The van der Waals surface area contributed by atoms with Gasteiger partial charge in [0.1, 0.15) is 11.0 Å². The van der Waals surface area contributed by atoms with E-state index in [1.165, 1.54) is 23.1 Å². The number of nitrogens with zero attached hydrogens (tertiary/aromatic N) is 1. The molecule has 8 nitrogen and oxygen atoms in total. The summed E-state index contributed by atoms with van der Waals surface area (Å²) < 4.78 is 10.1. The van der Waals surface area contributed by atoms with Crippen LogP contribution in [0.2, 0.25) is 0 Å². The Balaban J connectivity index is 1.43. The molecule has 4 aromatic rings. The summed E-state index contributed by atoms with van der Waals surface area (Å²) in [7, 11) is 1.57. The Morgan fingerprint density at radius 3 is 2.33 bits per heavy atom. The van der Waals surface area contributed by atoms with E-state index in [1.54, 1.807) is 55.8 Å². The van der Waals surface area contributed by atoms with Gasteiger partial charge < -0.3 is 20.1 Å². The van der Waals surface area contributed by atoms with Gasteiger partial charge in [-0.15, -0.1) is 23.1 Å². The van der Waals surface area contributed by atoms with Crippen molar-refractivity contribution in [3.8, 4) is 5.75 Å². The van der Waals surface area contributed by atoms with Gasteiger partial charge in [0.2, 0.25) is 5.91 Å². The minimum atomic E-state index is -0.552. The first-order valence-corrected chi connectivity index (χ1v) is 13.9. The zero-order chi connectivity index (χ0) is 27.6. The highest BCUT2D eigenvalue weighted by atomic mass is 32.2. The van der Waals surface area contributed by atoms with Crippen molar-refractivity contribution in [1.29, 1.82) is 0 Å². The summed E-state index contributed by atoms with van der Waals surface area (Å²) in [6, 6.07) is 23.6. The maximum Gasteiger partial charge on any atom is 0.311 e. The summed E-state index contributed by atoms with van der Waals surface area (Å²) in [5, 5.41) is 7.35. The Morgan fingerprint density at radius 2 is 1.67 bits per heavy atom. The van der Waals surface area contributed by atoms with Crippen LogP contribution in [0.4, 0.5) is 10.8 Å². The van der Waals surface area contributed by atoms with Crippen LogP contribution in [0.1, 0.15) is 33.8 Å². The van der Waals surface area contributed by atoms with Crippen LogP contribution in [0.25, 0.3) is 0 Å². The van der Waals surface area contributed by atoms with Crippen LogP contribution in [0.5, 0.6) is 5.75 Å². The summed E-state index contributed by atoms with van der Waals surface area (Å²) in [4.78, 5) is 42.9. The number of anilines is 2. The Labute approximate surface area is 234 Å². The molecule has 0 aliphatic carbocycles. The molecule has 1 unspecified atom stereocenters. The number of benzene rings is 3. The molecule has 0 aliphatic heterocycles. The first kappa shape index (κ1) is 27.9. The summed E-state index contributed by atoms with van der Waals surface area (Å²) >= 11 is 2.64. The van der Waals surface area contributed by atoms with Gasteiger partial charge in [-0.1, -0.05) is 30.3 Å². The van der Waals surface area contributed by atoms with Gasteiger partial charge in [0.25, 0.3) is 5.91 Å². The number of rotatable bonds is 11. The van der Waals surface area contributed by atoms with Crippen LogP contribution >= 0.6 is 23.1 Å².